The quantitative estimate of drug-likeness (QED) is 0.191. The van der Waals surface area contributed by atoms with Gasteiger partial charge in [0.2, 0.25) is 0 Å². The average Bonchev–Trinajstić information content (AvgIpc) is 3.13. The molecule has 2 aromatic rings. The van der Waals surface area contributed by atoms with E-state index in [0.717, 1.165) is 30.3 Å². The van der Waals surface area contributed by atoms with Crippen molar-refractivity contribution in [2.75, 3.05) is 32.9 Å². The van der Waals surface area contributed by atoms with Crippen molar-refractivity contribution >= 4 is 29.9 Å². The van der Waals surface area contributed by atoms with Crippen molar-refractivity contribution in [2.45, 2.75) is 26.4 Å². The third-order valence-corrected chi connectivity index (χ3v) is 3.69. The van der Waals surface area contributed by atoms with Crippen LogP contribution in [0.15, 0.2) is 41.7 Å². The van der Waals surface area contributed by atoms with Crippen LogP contribution in [-0.2, 0) is 24.2 Å². The van der Waals surface area contributed by atoms with E-state index in [1.807, 2.05) is 22.8 Å². The van der Waals surface area contributed by atoms with Crippen LogP contribution in [0.4, 0.5) is 0 Å². The van der Waals surface area contributed by atoms with Crippen molar-refractivity contribution in [1.82, 2.24) is 25.4 Å². The molecule has 1 heterocycles. The zero-order chi connectivity index (χ0) is 18.5. The van der Waals surface area contributed by atoms with E-state index >= 15 is 0 Å². The summed E-state index contributed by atoms with van der Waals surface area (Å²) in [7, 11) is 0. The van der Waals surface area contributed by atoms with E-state index in [1.54, 1.807) is 6.33 Å². The largest absolute Gasteiger partial charge is 0.394 e. The van der Waals surface area contributed by atoms with Gasteiger partial charge in [-0.15, -0.1) is 34.2 Å². The molecule has 0 fully saturated rings. The van der Waals surface area contributed by atoms with Crippen LogP contribution in [0.2, 0.25) is 0 Å². The summed E-state index contributed by atoms with van der Waals surface area (Å²) >= 11 is 0. The van der Waals surface area contributed by atoms with Gasteiger partial charge in [-0.3, -0.25) is 0 Å². The molecule has 0 bridgehead atoms. The normalized spacial score (nSPS) is 11.1. The fraction of sp³-hybridized carbons (Fsp3) is 0.500. The summed E-state index contributed by atoms with van der Waals surface area (Å²) in [6.45, 7) is 5.65. The molecule has 8 nitrogen and oxygen atoms in total. The minimum absolute atomic E-state index is 0. The van der Waals surface area contributed by atoms with Crippen molar-refractivity contribution in [3.05, 3.63) is 48.0 Å². The molecule has 0 amide bonds. The number of aromatic nitrogens is 3. The molecule has 0 atom stereocenters. The topological polar surface area (TPSA) is 96.6 Å². The van der Waals surface area contributed by atoms with E-state index in [2.05, 4.69) is 44.9 Å². The highest BCUT2D eigenvalue weighted by atomic mass is 127. The van der Waals surface area contributed by atoms with Crippen LogP contribution in [0.1, 0.15) is 18.3 Å². The molecule has 0 aliphatic carbocycles. The molecule has 2 rings (SSSR count). The molecule has 0 radical (unpaired) electrons. The van der Waals surface area contributed by atoms with Crippen LogP contribution in [0, 0.1) is 0 Å². The lowest BCUT2D eigenvalue weighted by molar-refractivity contribution is 0.0957. The molecule has 0 aliphatic rings. The minimum Gasteiger partial charge on any atom is -0.394 e. The highest BCUT2D eigenvalue weighted by Gasteiger charge is 2.03. The van der Waals surface area contributed by atoms with Gasteiger partial charge in [0.15, 0.2) is 5.96 Å². The Labute approximate surface area is 177 Å². The molecule has 27 heavy (non-hydrogen) atoms. The number of benzene rings is 1. The number of nitrogens with one attached hydrogen (secondary N) is 2. The number of aliphatic hydroxyl groups is 1. The third-order valence-electron chi connectivity index (χ3n) is 3.69. The van der Waals surface area contributed by atoms with E-state index in [-0.39, 0.29) is 30.6 Å². The molecule has 0 saturated heterocycles. The van der Waals surface area contributed by atoms with Crippen molar-refractivity contribution in [2.24, 2.45) is 4.99 Å². The van der Waals surface area contributed by atoms with Gasteiger partial charge in [-0.2, -0.15) is 0 Å². The number of aliphatic hydroxyl groups excluding tert-OH is 1. The van der Waals surface area contributed by atoms with Crippen LogP contribution >= 0.6 is 24.0 Å². The van der Waals surface area contributed by atoms with Crippen LogP contribution in [0.25, 0.3) is 0 Å². The van der Waals surface area contributed by atoms with Crippen LogP contribution in [0.5, 0.6) is 0 Å². The highest BCUT2D eigenvalue weighted by Crippen LogP contribution is 2.00. The Morgan fingerprint density at radius 2 is 1.96 bits per heavy atom. The van der Waals surface area contributed by atoms with Gasteiger partial charge in [0.1, 0.15) is 12.2 Å². The fourth-order valence-electron chi connectivity index (χ4n) is 2.37. The van der Waals surface area contributed by atoms with Crippen LogP contribution < -0.4 is 10.6 Å². The van der Waals surface area contributed by atoms with Crippen molar-refractivity contribution in [3.63, 3.8) is 0 Å². The average molecular weight is 488 g/mol. The molecule has 150 valence electrons. The van der Waals surface area contributed by atoms with E-state index in [4.69, 9.17) is 9.84 Å². The van der Waals surface area contributed by atoms with Crippen molar-refractivity contribution < 1.29 is 9.84 Å². The van der Waals surface area contributed by atoms with Crippen LogP contribution in [-0.4, -0.2) is 58.7 Å². The number of rotatable bonds is 11. The van der Waals surface area contributed by atoms with Crippen molar-refractivity contribution in [3.8, 4) is 0 Å². The summed E-state index contributed by atoms with van der Waals surface area (Å²) in [5.74, 6) is 1.70. The Morgan fingerprint density at radius 3 is 2.70 bits per heavy atom. The Morgan fingerprint density at radius 1 is 1.19 bits per heavy atom. The molecule has 3 N–H and O–H groups in total. The fourth-order valence-corrected chi connectivity index (χ4v) is 2.37. The smallest absolute Gasteiger partial charge is 0.191 e. The number of hydrogen-bond donors (Lipinski definition) is 3. The molecule has 1 aromatic heterocycles. The first-order valence-electron chi connectivity index (χ1n) is 8.95. The molecular formula is C18H29IN6O2. The molecule has 1 aromatic carbocycles. The molecule has 0 saturated carbocycles. The van der Waals surface area contributed by atoms with Gasteiger partial charge in [0.05, 0.1) is 26.4 Å². The number of nitrogens with zero attached hydrogens (tertiary/aromatic N) is 4. The Balaban J connectivity index is 0.00000364. The second kappa shape index (κ2) is 14.4. The number of aliphatic imine (C=N–C) groups is 1. The third kappa shape index (κ3) is 9.16. The second-order valence-electron chi connectivity index (χ2n) is 5.63. The van der Waals surface area contributed by atoms with Gasteiger partial charge in [-0.05, 0) is 5.56 Å². The highest BCUT2D eigenvalue weighted by molar-refractivity contribution is 14.0. The van der Waals surface area contributed by atoms with E-state index < -0.39 is 0 Å². The summed E-state index contributed by atoms with van der Waals surface area (Å²) in [6.07, 6.45) is 2.60. The minimum atomic E-state index is 0. The first-order valence-corrected chi connectivity index (χ1v) is 8.95. The van der Waals surface area contributed by atoms with Gasteiger partial charge in [0.25, 0.3) is 0 Å². The van der Waals surface area contributed by atoms with Gasteiger partial charge < -0.3 is 25.0 Å². The van der Waals surface area contributed by atoms with Gasteiger partial charge in [-0.1, -0.05) is 37.3 Å². The first kappa shape index (κ1) is 23.3. The zero-order valence-corrected chi connectivity index (χ0v) is 18.0. The number of aryl methyl sites for hydroxylation is 1. The van der Waals surface area contributed by atoms with Gasteiger partial charge in [0, 0.05) is 26.1 Å². The monoisotopic (exact) mass is 488 g/mol. The lowest BCUT2D eigenvalue weighted by Gasteiger charge is -2.13. The van der Waals surface area contributed by atoms with E-state index in [0.29, 0.717) is 32.8 Å². The standard InChI is InChI=1S/C18H28N6O2.HI/c1-2-17-23-22-15-24(17)10-8-19-18(20-9-12-26-13-11-25)21-14-16-6-4-3-5-7-16;/h3-7,15,25H,2,8-14H2,1H3,(H2,19,20,21);1H. The van der Waals surface area contributed by atoms with Crippen molar-refractivity contribution in [1.29, 1.82) is 0 Å². The second-order valence-corrected chi connectivity index (χ2v) is 5.63. The number of ether oxygens (including phenoxy) is 1. The lowest BCUT2D eigenvalue weighted by atomic mass is 10.2. The first-order chi connectivity index (χ1) is 12.8. The Hall–Kier alpha value is -1.72. The Bertz CT molecular complexity index is 650. The molecule has 0 aliphatic heterocycles. The summed E-state index contributed by atoms with van der Waals surface area (Å²) in [6, 6.07) is 10.1. The maximum Gasteiger partial charge on any atom is 0.191 e. The summed E-state index contributed by atoms with van der Waals surface area (Å²) in [4.78, 5) is 4.62. The predicted octanol–water partition coefficient (Wildman–Crippen LogP) is 1.20. The van der Waals surface area contributed by atoms with Crippen LogP contribution in [0.3, 0.4) is 0 Å². The summed E-state index contributed by atoms with van der Waals surface area (Å²) in [5, 5.41) is 23.4. The number of guanidine groups is 1. The maximum atomic E-state index is 8.74. The Kier molecular flexibility index (Phi) is 12.4. The zero-order valence-electron chi connectivity index (χ0n) is 15.7. The van der Waals surface area contributed by atoms with E-state index in [1.165, 1.54) is 0 Å². The SMILES string of the molecule is CCc1nncn1CCNC(=NCc1ccccc1)NCCOCCO.I. The molecule has 0 unspecified atom stereocenters. The lowest BCUT2D eigenvalue weighted by Crippen LogP contribution is -2.40. The molecule has 0 spiro atoms. The number of hydrogen-bond acceptors (Lipinski definition) is 5. The summed E-state index contributed by atoms with van der Waals surface area (Å²) < 4.78 is 7.31. The summed E-state index contributed by atoms with van der Waals surface area (Å²) in [5.41, 5.74) is 1.15. The number of halogens is 1. The maximum absolute atomic E-state index is 8.74. The molecule has 9 heteroatoms. The van der Waals surface area contributed by atoms with Gasteiger partial charge in [-0.25, -0.2) is 4.99 Å². The predicted molar refractivity (Wildman–Crippen MR) is 116 cm³/mol. The van der Waals surface area contributed by atoms with E-state index in [9.17, 15) is 0 Å². The van der Waals surface area contributed by atoms with Gasteiger partial charge >= 0.3 is 0 Å². The molecular weight excluding hydrogens is 459 g/mol.